The molecule has 0 aromatic carbocycles. The average molecular weight is 804 g/mol. The average Bonchev–Trinajstić information content (AvgIpc) is 3.18. The van der Waals surface area contributed by atoms with Crippen molar-refractivity contribution in [1.29, 1.82) is 0 Å². The molecule has 0 spiro atoms. The number of piperidine rings is 1. The molecule has 4 rings (SSSR count). The van der Waals surface area contributed by atoms with E-state index in [1.165, 1.54) is 19.1 Å². The zero-order valence-corrected chi connectivity index (χ0v) is 35.4. The Hall–Kier alpha value is -2.78. The predicted octanol–water partition coefficient (Wildman–Crippen LogP) is 4.64. The van der Waals surface area contributed by atoms with E-state index in [-0.39, 0.29) is 49.5 Å². The Morgan fingerprint density at radius 3 is 2.25 bits per heavy atom. The van der Waals surface area contributed by atoms with E-state index in [0.717, 1.165) is 5.57 Å². The molecular weight excluding hydrogens is 734 g/mol. The Labute approximate surface area is 339 Å². The second kappa shape index (κ2) is 21.0. The maximum absolute atomic E-state index is 14.3. The number of aliphatic hydroxyl groups is 3. The second-order valence-corrected chi connectivity index (χ2v) is 17.3. The van der Waals surface area contributed by atoms with E-state index in [4.69, 9.17) is 23.7 Å². The number of hydrogen-bond donors (Lipinski definition) is 3. The van der Waals surface area contributed by atoms with Crippen molar-refractivity contribution in [3.8, 4) is 0 Å². The third-order valence-electron chi connectivity index (χ3n) is 12.9. The minimum Gasteiger partial charge on any atom is -0.456 e. The van der Waals surface area contributed by atoms with E-state index >= 15 is 0 Å². The van der Waals surface area contributed by atoms with E-state index in [1.54, 1.807) is 27.0 Å². The number of fused-ring (bicyclic) bond motifs is 3. The third kappa shape index (κ3) is 11.3. The summed E-state index contributed by atoms with van der Waals surface area (Å²) in [5.74, 6) is -7.76. The predicted molar refractivity (Wildman–Crippen MR) is 213 cm³/mol. The van der Waals surface area contributed by atoms with Crippen LogP contribution in [-0.2, 0) is 42.9 Å². The van der Waals surface area contributed by atoms with Crippen LogP contribution in [0.4, 0.5) is 0 Å². The van der Waals surface area contributed by atoms with Gasteiger partial charge in [0.2, 0.25) is 5.79 Å². The first kappa shape index (κ1) is 46.9. The van der Waals surface area contributed by atoms with Crippen molar-refractivity contribution in [2.24, 2.45) is 29.6 Å². The standard InChI is InChI=1S/C44H69NO12/c1-10-13-31-19-25(2)18-26(3)20-37(54-8)40-38(55-9)22-28(5)44(52,57-40)41(49)42(50)45-17-12-11-14-32(45)43(51)56-39(29(6)34(47)24-35(31)48)27(4)21-30-15-16-33(46)36(23-30)53-7/h10,19,21,26,28-34,36-40,46-47,52H,1,11-18,20,22-24H2,2-9H3/b25-19-,27-21+/t26?,28?,29?,30?,31?,32?,33?,34?,36?,37-,38?,39?,40?,44?/m0/s1. The molecule has 322 valence electrons. The Morgan fingerprint density at radius 1 is 0.930 bits per heavy atom. The lowest BCUT2D eigenvalue weighted by Crippen LogP contribution is -2.64. The number of amides is 1. The van der Waals surface area contributed by atoms with Gasteiger partial charge in [0.25, 0.3) is 11.7 Å². The van der Waals surface area contributed by atoms with Gasteiger partial charge in [-0.15, -0.1) is 6.58 Å². The summed E-state index contributed by atoms with van der Waals surface area (Å²) in [6, 6.07) is -1.14. The number of ether oxygens (including phenoxy) is 5. The van der Waals surface area contributed by atoms with Crippen molar-refractivity contribution in [2.45, 2.75) is 160 Å². The number of carbonyl (C=O) groups excluding carboxylic acids is 4. The number of nitrogens with zero attached hydrogens (tertiary/aromatic N) is 1. The number of esters is 1. The molecule has 1 aliphatic carbocycles. The highest BCUT2D eigenvalue weighted by atomic mass is 16.7. The van der Waals surface area contributed by atoms with Gasteiger partial charge in [-0.05, 0) is 95.5 Å². The molecule has 3 fully saturated rings. The first-order valence-corrected chi connectivity index (χ1v) is 20.9. The van der Waals surface area contributed by atoms with Gasteiger partial charge in [-0.1, -0.05) is 44.6 Å². The van der Waals surface area contributed by atoms with E-state index in [1.807, 2.05) is 32.9 Å². The van der Waals surface area contributed by atoms with E-state index in [9.17, 15) is 34.5 Å². The number of allylic oxidation sites excluding steroid dienone is 4. The number of ketones is 2. The van der Waals surface area contributed by atoms with Gasteiger partial charge in [0.1, 0.15) is 24.0 Å². The highest BCUT2D eigenvalue weighted by Crippen LogP contribution is 2.39. The smallest absolute Gasteiger partial charge is 0.329 e. The van der Waals surface area contributed by atoms with Gasteiger partial charge in [-0.2, -0.15) is 0 Å². The first-order chi connectivity index (χ1) is 27.0. The molecule has 1 saturated carbocycles. The Balaban J connectivity index is 1.78. The molecule has 13 heteroatoms. The highest BCUT2D eigenvalue weighted by Gasteiger charge is 2.56. The minimum atomic E-state index is -2.51. The van der Waals surface area contributed by atoms with Gasteiger partial charge in [-0.25, -0.2) is 4.79 Å². The summed E-state index contributed by atoms with van der Waals surface area (Å²) in [6.45, 7) is 13.1. The summed E-state index contributed by atoms with van der Waals surface area (Å²) in [6.07, 6.45) is 4.93. The zero-order chi connectivity index (χ0) is 42.2. The van der Waals surface area contributed by atoms with Gasteiger partial charge in [-0.3, -0.25) is 14.4 Å². The van der Waals surface area contributed by atoms with Crippen LogP contribution in [0.3, 0.4) is 0 Å². The molecule has 2 saturated heterocycles. The molecule has 57 heavy (non-hydrogen) atoms. The van der Waals surface area contributed by atoms with Crippen molar-refractivity contribution >= 4 is 23.4 Å². The van der Waals surface area contributed by atoms with Gasteiger partial charge < -0.3 is 43.9 Å². The van der Waals surface area contributed by atoms with Crippen LogP contribution < -0.4 is 0 Å². The molecule has 13 nitrogen and oxygen atoms in total. The molecular formula is C44H69NO12. The number of aliphatic hydroxyl groups excluding tert-OH is 2. The van der Waals surface area contributed by atoms with Crippen LogP contribution >= 0.6 is 0 Å². The van der Waals surface area contributed by atoms with E-state index in [0.29, 0.717) is 56.9 Å². The molecule has 3 aliphatic heterocycles. The molecule has 3 N–H and O–H groups in total. The van der Waals surface area contributed by atoms with Crippen LogP contribution in [0.25, 0.3) is 0 Å². The van der Waals surface area contributed by atoms with E-state index in [2.05, 4.69) is 6.58 Å². The Bertz CT molecular complexity index is 1480. The van der Waals surface area contributed by atoms with Crippen molar-refractivity contribution < 1.29 is 58.2 Å². The monoisotopic (exact) mass is 803 g/mol. The third-order valence-corrected chi connectivity index (χ3v) is 12.9. The Kier molecular flexibility index (Phi) is 17.2. The summed E-state index contributed by atoms with van der Waals surface area (Å²) < 4.78 is 29.7. The van der Waals surface area contributed by atoms with Crippen LogP contribution in [0.2, 0.25) is 0 Å². The minimum absolute atomic E-state index is 0.00988. The van der Waals surface area contributed by atoms with Crippen LogP contribution in [0.5, 0.6) is 0 Å². The SMILES string of the molecule is C=CCC1/C=C(/C)CC(C)C[C@H](OC)C2OC(O)(C(=O)C(=O)N3CCCCC3C(=O)OC(/C(C)=C/C3CCC(O)C(OC)C3)C(C)C(O)CC1=O)C(C)CC2OC. The molecule has 3 heterocycles. The number of rotatable bonds is 7. The Morgan fingerprint density at radius 2 is 1.60 bits per heavy atom. The fourth-order valence-corrected chi connectivity index (χ4v) is 9.42. The molecule has 2 bridgehead atoms. The maximum Gasteiger partial charge on any atom is 0.329 e. The summed E-state index contributed by atoms with van der Waals surface area (Å²) in [5.41, 5.74) is 1.61. The molecule has 0 aromatic rings. The van der Waals surface area contributed by atoms with Crippen molar-refractivity contribution in [1.82, 2.24) is 4.90 Å². The molecule has 14 atom stereocenters. The lowest BCUT2D eigenvalue weighted by atomic mass is 9.81. The van der Waals surface area contributed by atoms with Gasteiger partial charge >= 0.3 is 5.97 Å². The summed E-state index contributed by atoms with van der Waals surface area (Å²) in [7, 11) is 4.61. The van der Waals surface area contributed by atoms with Gasteiger partial charge in [0.15, 0.2) is 0 Å². The topological polar surface area (TPSA) is 178 Å². The van der Waals surface area contributed by atoms with Crippen LogP contribution in [0.15, 0.2) is 36.0 Å². The number of hydrogen-bond acceptors (Lipinski definition) is 12. The quantitative estimate of drug-likeness (QED) is 0.185. The highest BCUT2D eigenvalue weighted by molar-refractivity contribution is 6.39. The number of Topliss-reactive ketones (excluding diaryl/α,β-unsaturated/α-hetero) is 2. The number of cyclic esters (lactones) is 1. The summed E-state index contributed by atoms with van der Waals surface area (Å²) in [4.78, 5) is 57.8. The largest absolute Gasteiger partial charge is 0.456 e. The van der Waals surface area contributed by atoms with Crippen molar-refractivity contribution in [3.63, 3.8) is 0 Å². The fraction of sp³-hybridized carbons (Fsp3) is 0.773. The molecule has 1 amide bonds. The van der Waals surface area contributed by atoms with Gasteiger partial charge in [0.05, 0.1) is 30.5 Å². The lowest BCUT2D eigenvalue weighted by molar-refractivity contribution is -0.302. The summed E-state index contributed by atoms with van der Waals surface area (Å²) >= 11 is 0. The lowest BCUT2D eigenvalue weighted by Gasteiger charge is -2.47. The van der Waals surface area contributed by atoms with Crippen molar-refractivity contribution in [3.05, 3.63) is 36.0 Å². The normalized spacial score (nSPS) is 41.0. The maximum atomic E-state index is 14.3. The molecule has 4 aliphatic rings. The van der Waals surface area contributed by atoms with Crippen molar-refractivity contribution in [2.75, 3.05) is 27.9 Å². The zero-order valence-electron chi connectivity index (χ0n) is 35.4. The molecule has 13 unspecified atom stereocenters. The summed E-state index contributed by atoms with van der Waals surface area (Å²) in [5, 5.41) is 34.1. The van der Waals surface area contributed by atoms with Crippen LogP contribution in [0, 0.1) is 29.6 Å². The van der Waals surface area contributed by atoms with Crippen LogP contribution in [-0.4, -0.2) is 126 Å². The second-order valence-electron chi connectivity index (χ2n) is 17.3. The van der Waals surface area contributed by atoms with Crippen LogP contribution in [0.1, 0.15) is 105 Å². The number of carbonyl (C=O) groups is 4. The molecule has 0 aromatic heterocycles. The first-order valence-electron chi connectivity index (χ1n) is 20.9. The van der Waals surface area contributed by atoms with E-state index < -0.39 is 83.9 Å². The fourth-order valence-electron chi connectivity index (χ4n) is 9.42. The number of methoxy groups -OCH3 is 3. The van der Waals surface area contributed by atoms with Gasteiger partial charge in [0, 0.05) is 52.0 Å². The molecule has 0 radical (unpaired) electrons.